The van der Waals surface area contributed by atoms with Crippen molar-refractivity contribution in [2.75, 3.05) is 18.4 Å². The van der Waals surface area contributed by atoms with Crippen molar-refractivity contribution in [2.24, 2.45) is 5.92 Å². The van der Waals surface area contributed by atoms with Gasteiger partial charge in [0.15, 0.2) is 5.58 Å². The summed E-state index contributed by atoms with van der Waals surface area (Å²) in [6.45, 7) is 5.25. The molecule has 1 aliphatic heterocycles. The summed E-state index contributed by atoms with van der Waals surface area (Å²) >= 11 is 6.01. The topological polar surface area (TPSA) is 67.5 Å². The molecule has 6 nitrogen and oxygen atoms in total. The van der Waals surface area contributed by atoms with Crippen molar-refractivity contribution in [1.29, 1.82) is 0 Å². The fraction of sp³-hybridized carbons (Fsp3) is 0.364. The van der Waals surface area contributed by atoms with Gasteiger partial charge in [-0.05, 0) is 67.7 Å². The fourth-order valence-electron chi connectivity index (χ4n) is 3.75. The molecule has 1 aliphatic rings. The number of piperidine rings is 1. The Balaban J connectivity index is 1.43. The molecular weight excluding hydrogens is 390 g/mol. The van der Waals surface area contributed by atoms with Crippen molar-refractivity contribution in [3.05, 3.63) is 63.6 Å². The average Bonchev–Trinajstić information content (AvgIpc) is 2.99. The number of likely N-dealkylation sites (tertiary alicyclic amines) is 1. The second kappa shape index (κ2) is 8.43. The lowest BCUT2D eigenvalue weighted by Gasteiger charge is -2.30. The van der Waals surface area contributed by atoms with Gasteiger partial charge in [0.25, 0.3) is 0 Å². The number of amides is 1. The van der Waals surface area contributed by atoms with Gasteiger partial charge in [-0.3, -0.25) is 14.3 Å². The van der Waals surface area contributed by atoms with Crippen molar-refractivity contribution in [3.63, 3.8) is 0 Å². The summed E-state index contributed by atoms with van der Waals surface area (Å²) in [5.74, 6) is -0.0709. The van der Waals surface area contributed by atoms with Crippen LogP contribution < -0.4 is 11.1 Å². The van der Waals surface area contributed by atoms with Crippen molar-refractivity contribution >= 4 is 34.3 Å². The molecule has 0 radical (unpaired) electrons. The van der Waals surface area contributed by atoms with E-state index >= 15 is 0 Å². The van der Waals surface area contributed by atoms with Gasteiger partial charge in [-0.1, -0.05) is 30.7 Å². The fourth-order valence-corrected chi connectivity index (χ4v) is 3.92. The second-order valence-electron chi connectivity index (χ2n) is 7.77. The van der Waals surface area contributed by atoms with Gasteiger partial charge in [0, 0.05) is 17.3 Å². The number of nitrogens with one attached hydrogen (secondary N) is 1. The monoisotopic (exact) mass is 413 g/mol. The zero-order valence-corrected chi connectivity index (χ0v) is 17.1. The highest BCUT2D eigenvalue weighted by molar-refractivity contribution is 6.31. The summed E-state index contributed by atoms with van der Waals surface area (Å²) in [6.07, 6.45) is 2.46. The number of carbonyl (C=O) groups is 1. The quantitative estimate of drug-likeness (QED) is 0.683. The zero-order chi connectivity index (χ0) is 20.4. The molecular formula is C22H24ClN3O3. The van der Waals surface area contributed by atoms with Gasteiger partial charge in [0.05, 0.1) is 5.52 Å². The van der Waals surface area contributed by atoms with Gasteiger partial charge in [0.1, 0.15) is 6.54 Å². The molecule has 1 aromatic heterocycles. The predicted molar refractivity (Wildman–Crippen MR) is 114 cm³/mol. The summed E-state index contributed by atoms with van der Waals surface area (Å²) in [5.41, 5.74) is 2.79. The lowest BCUT2D eigenvalue weighted by molar-refractivity contribution is -0.116. The highest BCUT2D eigenvalue weighted by Gasteiger charge is 2.16. The van der Waals surface area contributed by atoms with Crippen LogP contribution in [-0.4, -0.2) is 28.5 Å². The van der Waals surface area contributed by atoms with Crippen LogP contribution >= 0.6 is 11.6 Å². The number of halogens is 1. The largest absolute Gasteiger partial charge is 0.420 e. The van der Waals surface area contributed by atoms with Crippen LogP contribution in [0.1, 0.15) is 25.3 Å². The number of oxazole rings is 1. The van der Waals surface area contributed by atoms with Crippen LogP contribution in [0.3, 0.4) is 0 Å². The molecule has 1 amide bonds. The minimum atomic E-state index is -0.578. The van der Waals surface area contributed by atoms with Gasteiger partial charge in [-0.2, -0.15) is 0 Å². The number of hydrogen-bond acceptors (Lipinski definition) is 4. The zero-order valence-electron chi connectivity index (χ0n) is 16.4. The summed E-state index contributed by atoms with van der Waals surface area (Å²) in [7, 11) is 0. The molecule has 0 aliphatic carbocycles. The van der Waals surface area contributed by atoms with E-state index in [2.05, 4.69) is 23.2 Å². The van der Waals surface area contributed by atoms with Crippen molar-refractivity contribution in [2.45, 2.75) is 32.9 Å². The molecule has 0 spiro atoms. The third-order valence-electron chi connectivity index (χ3n) is 5.42. The van der Waals surface area contributed by atoms with E-state index in [1.165, 1.54) is 17.4 Å². The van der Waals surface area contributed by atoms with Gasteiger partial charge >= 0.3 is 5.76 Å². The number of rotatable bonds is 5. The Labute approximate surface area is 174 Å². The Bertz CT molecular complexity index is 1080. The van der Waals surface area contributed by atoms with Gasteiger partial charge in [-0.15, -0.1) is 0 Å². The van der Waals surface area contributed by atoms with E-state index in [4.69, 9.17) is 16.0 Å². The standard InChI is InChI=1S/C22H24ClN3O3/c1-15-7-9-25(10-8-15)13-16-3-2-4-18(11-16)24-21(27)14-26-19-12-17(23)5-6-20(19)29-22(26)28/h2-6,11-12,15H,7-10,13-14H2,1H3,(H,24,27). The van der Waals surface area contributed by atoms with Gasteiger partial charge < -0.3 is 9.73 Å². The van der Waals surface area contributed by atoms with Crippen LogP contribution in [0.5, 0.6) is 0 Å². The molecule has 1 saturated heterocycles. The lowest BCUT2D eigenvalue weighted by Crippen LogP contribution is -2.32. The third-order valence-corrected chi connectivity index (χ3v) is 5.66. The molecule has 0 saturated carbocycles. The van der Waals surface area contributed by atoms with E-state index in [1.807, 2.05) is 18.2 Å². The van der Waals surface area contributed by atoms with Crippen LogP contribution in [0.4, 0.5) is 5.69 Å². The number of hydrogen-bond donors (Lipinski definition) is 1. The first-order valence-electron chi connectivity index (χ1n) is 9.88. The van der Waals surface area contributed by atoms with E-state index in [1.54, 1.807) is 18.2 Å². The number of anilines is 1. The predicted octanol–water partition coefficient (Wildman–Crippen LogP) is 4.12. The van der Waals surface area contributed by atoms with Crippen LogP contribution in [0.2, 0.25) is 5.02 Å². The number of fused-ring (bicyclic) bond motifs is 1. The second-order valence-corrected chi connectivity index (χ2v) is 8.21. The number of benzene rings is 2. The van der Waals surface area contributed by atoms with Crippen LogP contribution in [0, 0.1) is 5.92 Å². The van der Waals surface area contributed by atoms with Crippen molar-refractivity contribution < 1.29 is 9.21 Å². The maximum absolute atomic E-state index is 12.5. The number of aromatic nitrogens is 1. The molecule has 1 fully saturated rings. The molecule has 1 N–H and O–H groups in total. The summed E-state index contributed by atoms with van der Waals surface area (Å²) in [4.78, 5) is 27.1. The first-order valence-corrected chi connectivity index (χ1v) is 10.3. The molecule has 0 bridgehead atoms. The first kappa shape index (κ1) is 19.7. The van der Waals surface area contributed by atoms with E-state index < -0.39 is 5.76 Å². The Morgan fingerprint density at radius 2 is 2.00 bits per heavy atom. The molecule has 2 aromatic carbocycles. The van der Waals surface area contributed by atoms with E-state index in [-0.39, 0.29) is 12.5 Å². The maximum Gasteiger partial charge on any atom is 0.420 e. The molecule has 152 valence electrons. The Kier molecular flexibility index (Phi) is 5.74. The minimum Gasteiger partial charge on any atom is -0.408 e. The molecule has 0 unspecified atom stereocenters. The number of nitrogens with zero attached hydrogens (tertiary/aromatic N) is 2. The van der Waals surface area contributed by atoms with Gasteiger partial charge in [0.2, 0.25) is 5.91 Å². The van der Waals surface area contributed by atoms with Crippen molar-refractivity contribution in [3.8, 4) is 0 Å². The highest BCUT2D eigenvalue weighted by Crippen LogP contribution is 2.20. The van der Waals surface area contributed by atoms with Crippen LogP contribution in [-0.2, 0) is 17.9 Å². The summed E-state index contributed by atoms with van der Waals surface area (Å²) in [6, 6.07) is 12.7. The SMILES string of the molecule is CC1CCN(Cc2cccc(NC(=O)Cn3c(=O)oc4ccc(Cl)cc43)c2)CC1. The smallest absolute Gasteiger partial charge is 0.408 e. The third kappa shape index (κ3) is 4.71. The summed E-state index contributed by atoms with van der Waals surface area (Å²) in [5, 5.41) is 3.36. The average molecular weight is 414 g/mol. The molecule has 4 rings (SSSR count). The molecule has 29 heavy (non-hydrogen) atoms. The minimum absolute atomic E-state index is 0.138. The number of carbonyl (C=O) groups excluding carboxylic acids is 1. The lowest BCUT2D eigenvalue weighted by atomic mass is 9.99. The van der Waals surface area contributed by atoms with E-state index in [0.29, 0.717) is 16.1 Å². The van der Waals surface area contributed by atoms with Crippen LogP contribution in [0.25, 0.3) is 11.1 Å². The first-order chi connectivity index (χ1) is 14.0. The van der Waals surface area contributed by atoms with Crippen molar-refractivity contribution in [1.82, 2.24) is 9.47 Å². The molecule has 2 heterocycles. The molecule has 3 aromatic rings. The Morgan fingerprint density at radius 3 is 2.79 bits per heavy atom. The normalized spacial score (nSPS) is 15.7. The van der Waals surface area contributed by atoms with E-state index in [9.17, 15) is 9.59 Å². The summed E-state index contributed by atoms with van der Waals surface area (Å²) < 4.78 is 6.47. The van der Waals surface area contributed by atoms with Gasteiger partial charge in [-0.25, -0.2) is 4.79 Å². The molecule has 0 atom stereocenters. The molecule has 7 heteroatoms. The Morgan fingerprint density at radius 1 is 1.21 bits per heavy atom. The highest BCUT2D eigenvalue weighted by atomic mass is 35.5. The van der Waals surface area contributed by atoms with Crippen LogP contribution in [0.15, 0.2) is 51.7 Å². The maximum atomic E-state index is 12.5. The Hall–Kier alpha value is -2.57. The van der Waals surface area contributed by atoms with E-state index in [0.717, 1.165) is 36.8 Å².